The highest BCUT2D eigenvalue weighted by Gasteiger charge is 2.49. The van der Waals surface area contributed by atoms with Crippen LogP contribution in [0.5, 0.6) is 0 Å². The van der Waals surface area contributed by atoms with Crippen molar-refractivity contribution in [2.75, 3.05) is 13.2 Å². The first-order valence-corrected chi connectivity index (χ1v) is 8.05. The third-order valence-electron chi connectivity index (χ3n) is 4.91. The Labute approximate surface area is 135 Å². The minimum atomic E-state index is -0.978. The molecule has 23 heavy (non-hydrogen) atoms. The predicted molar refractivity (Wildman–Crippen MR) is 86.5 cm³/mol. The second kappa shape index (κ2) is 5.41. The van der Waals surface area contributed by atoms with Crippen molar-refractivity contribution >= 4 is 0 Å². The Kier molecular flexibility index (Phi) is 3.48. The summed E-state index contributed by atoms with van der Waals surface area (Å²) in [5, 5.41) is 0. The summed E-state index contributed by atoms with van der Waals surface area (Å²) in [4.78, 5) is 0. The van der Waals surface area contributed by atoms with Crippen LogP contribution in [0.25, 0.3) is 11.1 Å². The lowest BCUT2D eigenvalue weighted by Gasteiger charge is -2.39. The fraction of sp³-hybridized carbons (Fsp3) is 0.368. The molecule has 2 N–H and O–H groups in total. The summed E-state index contributed by atoms with van der Waals surface area (Å²) in [6.07, 6.45) is 1.26. The average Bonchev–Trinajstić information content (AvgIpc) is 3.04. The Morgan fingerprint density at radius 2 is 1.87 bits per heavy atom. The van der Waals surface area contributed by atoms with Gasteiger partial charge in [-0.2, -0.15) is 0 Å². The van der Waals surface area contributed by atoms with Crippen LogP contribution in [-0.2, 0) is 21.7 Å². The average molecular weight is 313 g/mol. The van der Waals surface area contributed by atoms with Gasteiger partial charge < -0.3 is 15.2 Å². The molecule has 1 spiro atoms. The fourth-order valence-corrected chi connectivity index (χ4v) is 3.82. The van der Waals surface area contributed by atoms with Crippen molar-refractivity contribution in [1.82, 2.24) is 0 Å². The van der Waals surface area contributed by atoms with Crippen molar-refractivity contribution < 1.29 is 13.9 Å². The van der Waals surface area contributed by atoms with Crippen LogP contribution in [0.1, 0.15) is 23.1 Å². The van der Waals surface area contributed by atoms with E-state index >= 15 is 4.39 Å². The van der Waals surface area contributed by atoms with Gasteiger partial charge in [0.05, 0.1) is 19.3 Å². The van der Waals surface area contributed by atoms with Gasteiger partial charge in [-0.3, -0.25) is 0 Å². The highest BCUT2D eigenvalue weighted by atomic mass is 19.1. The maximum absolute atomic E-state index is 15.3. The maximum atomic E-state index is 15.3. The molecule has 0 saturated carbocycles. The zero-order chi connectivity index (χ0) is 16.0. The molecule has 1 aliphatic carbocycles. The van der Waals surface area contributed by atoms with Crippen LogP contribution in [0.2, 0.25) is 0 Å². The Morgan fingerprint density at radius 3 is 2.57 bits per heavy atom. The number of fused-ring (bicyclic) bond motifs is 2. The van der Waals surface area contributed by atoms with Crippen LogP contribution in [0.4, 0.5) is 4.39 Å². The zero-order valence-corrected chi connectivity index (χ0v) is 13.1. The highest BCUT2D eigenvalue weighted by Crippen LogP contribution is 2.45. The zero-order valence-electron chi connectivity index (χ0n) is 13.1. The van der Waals surface area contributed by atoms with Crippen LogP contribution in [0.15, 0.2) is 36.4 Å². The van der Waals surface area contributed by atoms with Gasteiger partial charge in [0.2, 0.25) is 5.79 Å². The van der Waals surface area contributed by atoms with Crippen molar-refractivity contribution in [2.45, 2.75) is 31.6 Å². The second-order valence-corrected chi connectivity index (χ2v) is 6.28. The molecule has 0 bridgehead atoms. The summed E-state index contributed by atoms with van der Waals surface area (Å²) >= 11 is 0. The molecule has 1 aliphatic heterocycles. The summed E-state index contributed by atoms with van der Waals surface area (Å²) < 4.78 is 27.0. The monoisotopic (exact) mass is 313 g/mol. The molecule has 4 heteroatoms. The van der Waals surface area contributed by atoms with Gasteiger partial charge in [0, 0.05) is 11.1 Å². The predicted octanol–water partition coefficient (Wildman–Crippen LogP) is 3.27. The molecular formula is C19H20FNO2. The van der Waals surface area contributed by atoms with Gasteiger partial charge >= 0.3 is 0 Å². The Bertz CT molecular complexity index is 739. The van der Waals surface area contributed by atoms with Gasteiger partial charge in [0.1, 0.15) is 5.82 Å². The summed E-state index contributed by atoms with van der Waals surface area (Å²) in [6.45, 7) is 2.91. The number of hydrogen-bond acceptors (Lipinski definition) is 3. The van der Waals surface area contributed by atoms with E-state index < -0.39 is 5.79 Å². The molecule has 1 fully saturated rings. The van der Waals surface area contributed by atoms with Crippen molar-refractivity contribution in [3.05, 3.63) is 58.9 Å². The molecule has 2 aliphatic rings. The molecule has 0 radical (unpaired) electrons. The van der Waals surface area contributed by atoms with E-state index in [1.54, 1.807) is 0 Å². The molecule has 1 unspecified atom stereocenters. The van der Waals surface area contributed by atoms with Crippen LogP contribution >= 0.6 is 0 Å². The first-order valence-electron chi connectivity index (χ1n) is 8.05. The lowest BCUT2D eigenvalue weighted by Crippen LogP contribution is -2.50. The van der Waals surface area contributed by atoms with Crippen LogP contribution < -0.4 is 5.73 Å². The highest BCUT2D eigenvalue weighted by molar-refractivity contribution is 5.70. The van der Waals surface area contributed by atoms with Crippen molar-refractivity contribution in [3.63, 3.8) is 0 Å². The van der Waals surface area contributed by atoms with E-state index in [2.05, 4.69) is 0 Å². The minimum absolute atomic E-state index is 0.170. The first kappa shape index (κ1) is 14.8. The summed E-state index contributed by atoms with van der Waals surface area (Å²) in [6, 6.07) is 11.4. The van der Waals surface area contributed by atoms with Gasteiger partial charge in [-0.25, -0.2) is 4.39 Å². The van der Waals surface area contributed by atoms with Gasteiger partial charge in [-0.05, 0) is 42.5 Å². The normalized spacial score (nSPS) is 22.3. The van der Waals surface area contributed by atoms with Crippen LogP contribution in [-0.4, -0.2) is 19.3 Å². The summed E-state index contributed by atoms with van der Waals surface area (Å²) in [5.74, 6) is -1.15. The number of aryl methyl sites for hydroxylation is 1. The second-order valence-electron chi connectivity index (χ2n) is 6.28. The van der Waals surface area contributed by atoms with E-state index in [9.17, 15) is 0 Å². The number of rotatable bonds is 1. The van der Waals surface area contributed by atoms with E-state index in [1.165, 1.54) is 0 Å². The smallest absolute Gasteiger partial charge is 0.211 e. The molecule has 1 atom stereocenters. The molecule has 0 amide bonds. The Hall–Kier alpha value is -1.75. The van der Waals surface area contributed by atoms with Gasteiger partial charge in [0.25, 0.3) is 0 Å². The van der Waals surface area contributed by atoms with Crippen molar-refractivity contribution in [2.24, 2.45) is 5.73 Å². The lowest BCUT2D eigenvalue weighted by molar-refractivity contribution is -0.187. The number of benzene rings is 2. The number of nitrogens with two attached hydrogens (primary N) is 1. The van der Waals surface area contributed by atoms with Gasteiger partial charge in [-0.15, -0.1) is 0 Å². The molecule has 0 aromatic heterocycles. The van der Waals surface area contributed by atoms with E-state index in [-0.39, 0.29) is 11.9 Å². The SMILES string of the molecule is Cc1cc2c(c(F)c1-c1ccccc1)CCC(N)C21OCCO1. The van der Waals surface area contributed by atoms with Crippen LogP contribution in [0, 0.1) is 12.7 Å². The van der Waals surface area contributed by atoms with E-state index in [4.69, 9.17) is 15.2 Å². The summed E-state index contributed by atoms with van der Waals surface area (Å²) in [7, 11) is 0. The van der Waals surface area contributed by atoms with Crippen molar-refractivity contribution in [3.8, 4) is 11.1 Å². The topological polar surface area (TPSA) is 44.5 Å². The third kappa shape index (κ3) is 2.13. The third-order valence-corrected chi connectivity index (χ3v) is 4.91. The Balaban J connectivity index is 1.93. The molecule has 120 valence electrons. The summed E-state index contributed by atoms with van der Waals surface area (Å²) in [5.41, 5.74) is 10.1. The lowest BCUT2D eigenvalue weighted by atomic mass is 9.80. The number of hydrogen-bond donors (Lipinski definition) is 1. The quantitative estimate of drug-likeness (QED) is 0.879. The molecular weight excluding hydrogens is 293 g/mol. The molecule has 3 nitrogen and oxygen atoms in total. The number of ether oxygens (including phenoxy) is 2. The van der Waals surface area contributed by atoms with E-state index in [1.807, 2.05) is 43.3 Å². The van der Waals surface area contributed by atoms with E-state index in [0.29, 0.717) is 37.2 Å². The fourth-order valence-electron chi connectivity index (χ4n) is 3.82. The van der Waals surface area contributed by atoms with Gasteiger partial charge in [0.15, 0.2) is 0 Å². The molecule has 2 aromatic carbocycles. The van der Waals surface area contributed by atoms with Crippen LogP contribution in [0.3, 0.4) is 0 Å². The number of halogens is 1. The molecule has 1 heterocycles. The van der Waals surface area contributed by atoms with Gasteiger partial charge in [-0.1, -0.05) is 30.3 Å². The van der Waals surface area contributed by atoms with E-state index in [0.717, 1.165) is 16.7 Å². The molecule has 1 saturated heterocycles. The standard InChI is InChI=1S/C19H20FNO2/c1-12-11-15-14(7-8-16(21)19(15)22-9-10-23-19)18(20)17(12)13-5-3-2-4-6-13/h2-6,11,16H,7-10,21H2,1H3. The molecule has 2 aromatic rings. The Morgan fingerprint density at radius 1 is 1.17 bits per heavy atom. The minimum Gasteiger partial charge on any atom is -0.342 e. The van der Waals surface area contributed by atoms with Crippen molar-refractivity contribution in [1.29, 1.82) is 0 Å². The maximum Gasteiger partial charge on any atom is 0.211 e. The first-order chi connectivity index (χ1) is 11.1. The molecule has 4 rings (SSSR count). The largest absolute Gasteiger partial charge is 0.342 e.